The smallest absolute Gasteiger partial charge is 0.322 e. The van der Waals surface area contributed by atoms with E-state index in [1.165, 1.54) is 17.6 Å². The molecule has 2 aromatic rings. The van der Waals surface area contributed by atoms with Crippen LogP contribution in [-0.4, -0.2) is 28.6 Å². The number of rotatable bonds is 4. The largest absolute Gasteiger partial charge is 0.467 e. The highest BCUT2D eigenvalue weighted by Gasteiger charge is 2.31. The minimum absolute atomic E-state index is 0.00230. The van der Waals surface area contributed by atoms with Gasteiger partial charge in [0.1, 0.15) is 16.2 Å². The number of likely N-dealkylation sites (tertiary alicyclic amines) is 1. The lowest BCUT2D eigenvalue weighted by Gasteiger charge is -2.26. The Morgan fingerprint density at radius 1 is 1.59 bits per heavy atom. The van der Waals surface area contributed by atoms with Gasteiger partial charge >= 0.3 is 6.03 Å². The van der Waals surface area contributed by atoms with E-state index in [1.54, 1.807) is 23.1 Å². The summed E-state index contributed by atoms with van der Waals surface area (Å²) in [5, 5.41) is 14.9. The van der Waals surface area contributed by atoms with Crippen LogP contribution in [0.25, 0.3) is 0 Å². The third-order valence-corrected chi connectivity index (χ3v) is 5.03. The fourth-order valence-electron chi connectivity index (χ4n) is 2.77. The molecule has 2 atom stereocenters. The van der Waals surface area contributed by atoms with Crippen molar-refractivity contribution < 1.29 is 14.3 Å². The number of thiophene rings is 1. The average molecular weight is 341 g/mol. The first-order valence-electron chi connectivity index (χ1n) is 7.17. The molecule has 22 heavy (non-hydrogen) atoms. The van der Waals surface area contributed by atoms with Gasteiger partial charge in [-0.1, -0.05) is 11.6 Å². The molecule has 3 heterocycles. The van der Waals surface area contributed by atoms with Crippen molar-refractivity contribution in [1.29, 1.82) is 0 Å². The quantitative estimate of drug-likeness (QED) is 0.880. The second-order valence-electron chi connectivity index (χ2n) is 5.29. The molecule has 0 unspecified atom stereocenters. The monoisotopic (exact) mass is 340 g/mol. The van der Waals surface area contributed by atoms with E-state index in [2.05, 4.69) is 5.32 Å². The lowest BCUT2D eigenvalue weighted by atomic mass is 10.1. The fraction of sp³-hybridized carbons (Fsp3) is 0.400. The highest BCUT2D eigenvalue weighted by atomic mass is 35.5. The molecular weight excluding hydrogens is 324 g/mol. The Kier molecular flexibility index (Phi) is 4.71. The number of aliphatic hydroxyl groups excluding tert-OH is 1. The minimum atomic E-state index is -0.696. The molecule has 2 N–H and O–H groups in total. The standard InChI is InChI=1S/C15H17ClN2O3S/c16-14-11(5-8-22-14)17-15(20)18-6-1-3-10(18)9-12(19)13-4-2-7-21-13/h2,4-5,7-8,10,12,19H,1,3,6,9H2,(H,17,20)/t10-,12-/m0/s1. The van der Waals surface area contributed by atoms with E-state index < -0.39 is 6.10 Å². The van der Waals surface area contributed by atoms with Crippen molar-refractivity contribution in [2.45, 2.75) is 31.4 Å². The van der Waals surface area contributed by atoms with Gasteiger partial charge in [-0.2, -0.15) is 0 Å². The Morgan fingerprint density at radius 3 is 3.14 bits per heavy atom. The number of hydrogen-bond acceptors (Lipinski definition) is 4. The number of nitrogens with zero attached hydrogens (tertiary/aromatic N) is 1. The molecule has 5 nitrogen and oxygen atoms in total. The van der Waals surface area contributed by atoms with Gasteiger partial charge in [-0.25, -0.2) is 4.79 Å². The van der Waals surface area contributed by atoms with Crippen LogP contribution in [0, 0.1) is 0 Å². The normalized spacial score (nSPS) is 19.4. The predicted molar refractivity (Wildman–Crippen MR) is 86.4 cm³/mol. The summed E-state index contributed by atoms with van der Waals surface area (Å²) in [6.07, 6.45) is 3.12. The molecule has 118 valence electrons. The van der Waals surface area contributed by atoms with Crippen molar-refractivity contribution in [1.82, 2.24) is 4.90 Å². The van der Waals surface area contributed by atoms with E-state index in [1.807, 2.05) is 5.38 Å². The second-order valence-corrected chi connectivity index (χ2v) is 6.81. The Labute approximate surface area is 137 Å². The molecule has 0 bridgehead atoms. The van der Waals surface area contributed by atoms with Gasteiger partial charge in [0, 0.05) is 19.0 Å². The van der Waals surface area contributed by atoms with Gasteiger partial charge in [0.15, 0.2) is 0 Å². The number of nitrogens with one attached hydrogen (secondary N) is 1. The summed E-state index contributed by atoms with van der Waals surface area (Å²) in [6, 6.07) is 5.10. The number of carbonyl (C=O) groups excluding carboxylic acids is 1. The Bertz CT molecular complexity index is 629. The van der Waals surface area contributed by atoms with E-state index in [-0.39, 0.29) is 12.1 Å². The first-order valence-corrected chi connectivity index (χ1v) is 8.43. The molecular formula is C15H17ClN2O3S. The molecule has 3 rings (SSSR count). The number of urea groups is 1. The molecule has 0 aromatic carbocycles. The second kappa shape index (κ2) is 6.73. The Balaban J connectivity index is 1.62. The predicted octanol–water partition coefficient (Wildman–Crippen LogP) is 4.11. The van der Waals surface area contributed by atoms with Crippen LogP contribution in [0.2, 0.25) is 4.34 Å². The fourth-order valence-corrected chi connectivity index (χ4v) is 3.61. The van der Waals surface area contributed by atoms with Gasteiger partial charge in [0.25, 0.3) is 0 Å². The van der Waals surface area contributed by atoms with Gasteiger partial charge in [-0.3, -0.25) is 0 Å². The van der Waals surface area contributed by atoms with Crippen molar-refractivity contribution in [2.75, 3.05) is 11.9 Å². The SMILES string of the molecule is O=C(Nc1ccsc1Cl)N1CCC[C@H]1C[C@H](O)c1ccco1. The summed E-state index contributed by atoms with van der Waals surface area (Å²) in [5.74, 6) is 0.535. The topological polar surface area (TPSA) is 65.7 Å². The Morgan fingerprint density at radius 2 is 2.45 bits per heavy atom. The van der Waals surface area contributed by atoms with E-state index in [0.717, 1.165) is 12.8 Å². The lowest BCUT2D eigenvalue weighted by Crippen LogP contribution is -2.39. The molecule has 1 aliphatic heterocycles. The van der Waals surface area contributed by atoms with Crippen LogP contribution >= 0.6 is 22.9 Å². The molecule has 2 aromatic heterocycles. The number of halogens is 1. The highest BCUT2D eigenvalue weighted by Crippen LogP contribution is 2.31. The van der Waals surface area contributed by atoms with E-state index in [0.29, 0.717) is 28.7 Å². The van der Waals surface area contributed by atoms with E-state index in [4.69, 9.17) is 16.0 Å². The van der Waals surface area contributed by atoms with Crippen LogP contribution in [0.4, 0.5) is 10.5 Å². The summed E-state index contributed by atoms with van der Waals surface area (Å²) in [5.41, 5.74) is 0.633. The first-order chi connectivity index (χ1) is 10.6. The summed E-state index contributed by atoms with van der Waals surface area (Å²) < 4.78 is 5.79. The van der Waals surface area contributed by atoms with Crippen LogP contribution < -0.4 is 5.32 Å². The van der Waals surface area contributed by atoms with E-state index >= 15 is 0 Å². The van der Waals surface area contributed by atoms with Crippen LogP contribution in [0.15, 0.2) is 34.3 Å². The van der Waals surface area contributed by atoms with Crippen molar-refractivity contribution in [3.63, 3.8) is 0 Å². The molecule has 1 aliphatic rings. The molecule has 1 saturated heterocycles. The number of hydrogen-bond donors (Lipinski definition) is 2. The number of amides is 2. The number of aliphatic hydroxyl groups is 1. The average Bonchev–Trinajstić information content (AvgIpc) is 3.21. The zero-order chi connectivity index (χ0) is 15.5. The Hall–Kier alpha value is -1.50. The lowest BCUT2D eigenvalue weighted by molar-refractivity contribution is 0.110. The van der Waals surface area contributed by atoms with Gasteiger partial charge in [0.2, 0.25) is 0 Å². The summed E-state index contributed by atoms with van der Waals surface area (Å²) in [4.78, 5) is 14.2. The zero-order valence-electron chi connectivity index (χ0n) is 11.9. The van der Waals surface area contributed by atoms with Crippen molar-refractivity contribution in [3.8, 4) is 0 Å². The maximum Gasteiger partial charge on any atom is 0.322 e. The zero-order valence-corrected chi connectivity index (χ0v) is 13.4. The maximum absolute atomic E-state index is 12.4. The van der Waals surface area contributed by atoms with Crippen molar-refractivity contribution in [2.24, 2.45) is 0 Å². The summed E-state index contributed by atoms with van der Waals surface area (Å²) in [7, 11) is 0. The molecule has 0 saturated carbocycles. The van der Waals surface area contributed by atoms with Gasteiger partial charge in [-0.15, -0.1) is 11.3 Å². The summed E-state index contributed by atoms with van der Waals surface area (Å²) in [6.45, 7) is 0.684. The molecule has 1 fully saturated rings. The maximum atomic E-state index is 12.4. The van der Waals surface area contributed by atoms with Gasteiger partial charge < -0.3 is 19.7 Å². The number of furan rings is 1. The number of anilines is 1. The van der Waals surface area contributed by atoms with Crippen LogP contribution in [0.3, 0.4) is 0 Å². The molecule has 7 heteroatoms. The van der Waals surface area contributed by atoms with Gasteiger partial charge in [-0.05, 0) is 36.4 Å². The van der Waals surface area contributed by atoms with Crippen molar-refractivity contribution in [3.05, 3.63) is 39.9 Å². The van der Waals surface area contributed by atoms with Crippen LogP contribution in [0.5, 0.6) is 0 Å². The van der Waals surface area contributed by atoms with Crippen LogP contribution in [-0.2, 0) is 0 Å². The molecule has 0 spiro atoms. The minimum Gasteiger partial charge on any atom is -0.467 e. The number of carbonyl (C=O) groups is 1. The first kappa shape index (κ1) is 15.4. The third kappa shape index (κ3) is 3.29. The molecule has 0 aliphatic carbocycles. The molecule has 2 amide bonds. The molecule has 0 radical (unpaired) electrons. The third-order valence-electron chi connectivity index (χ3n) is 3.86. The van der Waals surface area contributed by atoms with Crippen molar-refractivity contribution >= 4 is 34.7 Å². The van der Waals surface area contributed by atoms with Crippen LogP contribution in [0.1, 0.15) is 31.1 Å². The van der Waals surface area contributed by atoms with E-state index in [9.17, 15) is 9.90 Å². The summed E-state index contributed by atoms with van der Waals surface area (Å²) >= 11 is 7.39. The highest BCUT2D eigenvalue weighted by molar-refractivity contribution is 7.15. The van der Waals surface area contributed by atoms with Gasteiger partial charge in [0.05, 0.1) is 12.0 Å².